The van der Waals surface area contributed by atoms with Gasteiger partial charge >= 0.3 is 5.76 Å². The molecule has 1 unspecified atom stereocenters. The van der Waals surface area contributed by atoms with E-state index in [1.807, 2.05) is 4.90 Å². The zero-order chi connectivity index (χ0) is 14.8. The number of halogens is 2. The van der Waals surface area contributed by atoms with Crippen LogP contribution < -0.4 is 4.90 Å². The maximum Gasteiger partial charge on any atom is 0.341 e. The van der Waals surface area contributed by atoms with Gasteiger partial charge < -0.3 is 4.90 Å². The molecule has 0 saturated carbocycles. The van der Waals surface area contributed by atoms with Crippen molar-refractivity contribution in [2.45, 2.75) is 36.8 Å². The molecule has 1 fully saturated rings. The van der Waals surface area contributed by atoms with Gasteiger partial charge in [-0.15, -0.1) is 0 Å². The third-order valence-corrected chi connectivity index (χ3v) is 5.19. The summed E-state index contributed by atoms with van der Waals surface area (Å²) in [5.41, 5.74) is 0.405. The van der Waals surface area contributed by atoms with Crippen LogP contribution in [0.25, 0.3) is 0 Å². The predicted octanol–water partition coefficient (Wildman–Crippen LogP) is 3.31. The van der Waals surface area contributed by atoms with E-state index in [1.54, 1.807) is 12.1 Å². The van der Waals surface area contributed by atoms with E-state index >= 15 is 0 Å². The van der Waals surface area contributed by atoms with Crippen LogP contribution in [0.3, 0.4) is 0 Å². The Bertz CT molecular complexity index is 560. The summed E-state index contributed by atoms with van der Waals surface area (Å²) < 4.78 is 49.1. The average Bonchev–Trinajstić information content (AvgIpc) is 2.63. The molecular formula is C14H19F2NO2S. The molecule has 1 heterocycles. The Morgan fingerprint density at radius 2 is 1.90 bits per heavy atom. The second-order valence-corrected chi connectivity index (χ2v) is 7.18. The monoisotopic (exact) mass is 303 g/mol. The minimum absolute atomic E-state index is 0.260. The van der Waals surface area contributed by atoms with Gasteiger partial charge in [-0.25, -0.2) is 8.42 Å². The Hall–Kier alpha value is -1.17. The summed E-state index contributed by atoms with van der Waals surface area (Å²) in [6, 6.07) is 6.06. The normalized spacial score (nSPS) is 21.0. The number of anilines is 1. The van der Waals surface area contributed by atoms with Gasteiger partial charge in [0.15, 0.2) is 0 Å². The molecule has 2 rings (SSSR count). The van der Waals surface area contributed by atoms with Gasteiger partial charge in [0.2, 0.25) is 9.84 Å². The second-order valence-electron chi connectivity index (χ2n) is 5.30. The average molecular weight is 303 g/mol. The van der Waals surface area contributed by atoms with Crippen LogP contribution in [0.5, 0.6) is 0 Å². The minimum Gasteiger partial charge on any atom is -0.370 e. The number of alkyl halides is 2. The van der Waals surface area contributed by atoms with Crippen LogP contribution >= 0.6 is 0 Å². The Balaban J connectivity index is 2.38. The van der Waals surface area contributed by atoms with E-state index in [-0.39, 0.29) is 4.90 Å². The lowest BCUT2D eigenvalue weighted by Gasteiger charge is -2.25. The Morgan fingerprint density at radius 3 is 2.60 bits per heavy atom. The quantitative estimate of drug-likeness (QED) is 0.859. The Labute approximate surface area is 118 Å². The maximum atomic E-state index is 12.8. The summed E-state index contributed by atoms with van der Waals surface area (Å²) >= 11 is 0. The lowest BCUT2D eigenvalue weighted by Crippen LogP contribution is -2.27. The molecule has 112 valence electrons. The molecular weight excluding hydrogens is 284 g/mol. The highest BCUT2D eigenvalue weighted by Gasteiger charge is 2.30. The highest BCUT2D eigenvalue weighted by atomic mass is 32.2. The van der Waals surface area contributed by atoms with Crippen molar-refractivity contribution in [2.75, 3.05) is 18.0 Å². The van der Waals surface area contributed by atoms with E-state index < -0.39 is 15.6 Å². The van der Waals surface area contributed by atoms with Gasteiger partial charge in [0.05, 0.1) is 10.6 Å². The van der Waals surface area contributed by atoms with Crippen LogP contribution in [-0.2, 0) is 9.84 Å². The van der Waals surface area contributed by atoms with Gasteiger partial charge in [0, 0.05) is 13.1 Å². The molecule has 0 bridgehead atoms. The third kappa shape index (κ3) is 3.11. The summed E-state index contributed by atoms with van der Waals surface area (Å²) in [6.45, 7) is 3.57. The van der Waals surface area contributed by atoms with Gasteiger partial charge in [-0.3, -0.25) is 0 Å². The van der Waals surface area contributed by atoms with Crippen molar-refractivity contribution in [1.82, 2.24) is 0 Å². The second kappa shape index (κ2) is 6.08. The number of hydrogen-bond acceptors (Lipinski definition) is 3. The zero-order valence-corrected chi connectivity index (χ0v) is 12.2. The van der Waals surface area contributed by atoms with E-state index in [1.165, 1.54) is 12.1 Å². The summed E-state index contributed by atoms with van der Waals surface area (Å²) in [7, 11) is -4.56. The Morgan fingerprint density at radius 1 is 1.20 bits per heavy atom. The fourth-order valence-corrected chi connectivity index (χ4v) is 3.51. The first-order valence-corrected chi connectivity index (χ1v) is 8.33. The van der Waals surface area contributed by atoms with Crippen molar-refractivity contribution in [3.63, 3.8) is 0 Å². The van der Waals surface area contributed by atoms with Crippen LogP contribution in [-0.4, -0.2) is 27.3 Å². The highest BCUT2D eigenvalue weighted by Crippen LogP contribution is 2.31. The minimum atomic E-state index is -4.56. The predicted molar refractivity (Wildman–Crippen MR) is 74.9 cm³/mol. The smallest absolute Gasteiger partial charge is 0.341 e. The molecule has 20 heavy (non-hydrogen) atoms. The first-order chi connectivity index (χ1) is 9.43. The molecule has 0 N–H and O–H groups in total. The lowest BCUT2D eigenvalue weighted by atomic mass is 10.0. The first-order valence-electron chi connectivity index (χ1n) is 6.79. The van der Waals surface area contributed by atoms with Crippen molar-refractivity contribution in [3.8, 4) is 0 Å². The fraction of sp³-hybridized carbons (Fsp3) is 0.571. The zero-order valence-electron chi connectivity index (χ0n) is 11.4. The molecule has 1 aliphatic heterocycles. The maximum absolute atomic E-state index is 12.8. The van der Waals surface area contributed by atoms with Crippen molar-refractivity contribution >= 4 is 15.5 Å². The molecule has 1 aromatic carbocycles. The fourth-order valence-electron chi connectivity index (χ4n) is 2.56. The number of nitrogens with zero attached hydrogens (tertiary/aromatic N) is 1. The number of sulfone groups is 1. The van der Waals surface area contributed by atoms with E-state index in [2.05, 4.69) is 6.92 Å². The van der Waals surface area contributed by atoms with Crippen LogP contribution in [0.15, 0.2) is 29.2 Å². The summed E-state index contributed by atoms with van der Waals surface area (Å²) in [5.74, 6) is -2.80. The standard InChI is InChI=1S/C14H19F2NO2S/c1-11-5-4-9-17(10-8-11)12-6-2-3-7-13(12)20(18,19)14(15)16/h2-3,6-7,11,14H,4-5,8-10H2,1H3. The van der Waals surface area contributed by atoms with Crippen molar-refractivity contribution in [3.05, 3.63) is 24.3 Å². The third-order valence-electron chi connectivity index (χ3n) is 3.76. The SMILES string of the molecule is CC1CCCN(c2ccccc2S(=O)(=O)C(F)F)CC1. The topological polar surface area (TPSA) is 37.4 Å². The van der Waals surface area contributed by atoms with Gasteiger partial charge in [-0.05, 0) is 37.3 Å². The molecule has 0 radical (unpaired) electrons. The lowest BCUT2D eigenvalue weighted by molar-refractivity contribution is 0.235. The van der Waals surface area contributed by atoms with Crippen LogP contribution in [0, 0.1) is 5.92 Å². The molecule has 0 aromatic heterocycles. The van der Waals surface area contributed by atoms with E-state index in [0.29, 0.717) is 24.7 Å². The van der Waals surface area contributed by atoms with Crippen molar-refractivity contribution in [1.29, 1.82) is 0 Å². The molecule has 0 amide bonds. The van der Waals surface area contributed by atoms with Crippen molar-refractivity contribution < 1.29 is 17.2 Å². The number of rotatable bonds is 3. The van der Waals surface area contributed by atoms with Gasteiger partial charge in [0.1, 0.15) is 0 Å². The molecule has 6 heteroatoms. The molecule has 1 aliphatic rings. The summed E-state index contributed by atoms with van der Waals surface area (Å²) in [6.07, 6.45) is 2.98. The molecule has 0 spiro atoms. The molecule has 1 atom stereocenters. The number of benzene rings is 1. The van der Waals surface area contributed by atoms with E-state index in [9.17, 15) is 17.2 Å². The summed E-state index contributed by atoms with van der Waals surface area (Å²) in [4.78, 5) is 1.66. The largest absolute Gasteiger partial charge is 0.370 e. The van der Waals surface area contributed by atoms with Gasteiger partial charge in [-0.1, -0.05) is 19.1 Å². The van der Waals surface area contributed by atoms with E-state index in [4.69, 9.17) is 0 Å². The molecule has 3 nitrogen and oxygen atoms in total. The summed E-state index contributed by atoms with van der Waals surface area (Å²) in [5, 5.41) is 0. The van der Waals surface area contributed by atoms with Gasteiger partial charge in [0.25, 0.3) is 0 Å². The van der Waals surface area contributed by atoms with Crippen LogP contribution in [0.2, 0.25) is 0 Å². The Kier molecular flexibility index (Phi) is 4.62. The number of hydrogen-bond donors (Lipinski definition) is 0. The van der Waals surface area contributed by atoms with Crippen LogP contribution in [0.4, 0.5) is 14.5 Å². The number of para-hydroxylation sites is 1. The van der Waals surface area contributed by atoms with E-state index in [0.717, 1.165) is 19.3 Å². The molecule has 1 aromatic rings. The van der Waals surface area contributed by atoms with Crippen LogP contribution in [0.1, 0.15) is 26.2 Å². The van der Waals surface area contributed by atoms with Crippen molar-refractivity contribution in [2.24, 2.45) is 5.92 Å². The molecule has 1 saturated heterocycles. The molecule has 0 aliphatic carbocycles. The van der Waals surface area contributed by atoms with Gasteiger partial charge in [-0.2, -0.15) is 8.78 Å². The highest BCUT2D eigenvalue weighted by molar-refractivity contribution is 7.91. The first kappa shape index (κ1) is 15.2.